The lowest BCUT2D eigenvalue weighted by atomic mass is 9.48. The van der Waals surface area contributed by atoms with Gasteiger partial charge in [-0.1, -0.05) is 19.4 Å². The molecule has 37 heavy (non-hydrogen) atoms. The van der Waals surface area contributed by atoms with Crippen molar-refractivity contribution in [3.8, 4) is 6.07 Å². The van der Waals surface area contributed by atoms with Crippen LogP contribution in [0.25, 0.3) is 0 Å². The SMILES string of the molecule is CC1=C2N(C)C(=O)CC[C@]2(C)C2CC[C@]3(C)[C@@H](C(=O)Nc4ccc(C#N)c(C(F)(F)F)c4)CC[C@H]3C2C1. The number of allylic oxidation sites excluding steroid dienone is 2. The normalized spacial score (nSPS) is 35.4. The molecule has 0 aromatic heterocycles. The molecule has 1 saturated heterocycles. The van der Waals surface area contributed by atoms with Gasteiger partial charge in [-0.25, -0.2) is 0 Å². The van der Waals surface area contributed by atoms with Crippen LogP contribution in [0.15, 0.2) is 29.5 Å². The van der Waals surface area contributed by atoms with Gasteiger partial charge in [0.05, 0.1) is 17.2 Å². The van der Waals surface area contributed by atoms with Crippen molar-refractivity contribution in [2.24, 2.45) is 34.5 Å². The molecule has 1 aromatic rings. The number of nitrogens with one attached hydrogen (secondary N) is 1. The van der Waals surface area contributed by atoms with Gasteiger partial charge in [0, 0.05) is 36.2 Å². The molecule has 2 saturated carbocycles. The molecule has 0 radical (unpaired) electrons. The summed E-state index contributed by atoms with van der Waals surface area (Å²) in [6.07, 6.45) is 1.17. The summed E-state index contributed by atoms with van der Waals surface area (Å²) < 4.78 is 40.3. The minimum absolute atomic E-state index is 0.0478. The van der Waals surface area contributed by atoms with Crippen LogP contribution >= 0.6 is 0 Å². The van der Waals surface area contributed by atoms with Crippen molar-refractivity contribution >= 4 is 17.5 Å². The van der Waals surface area contributed by atoms with E-state index in [-0.39, 0.29) is 34.2 Å². The fourth-order valence-corrected chi connectivity index (χ4v) is 8.72. The molecular formula is C29H34F3N3O2. The number of nitrogens with zero attached hydrogens (tertiary/aromatic N) is 2. The summed E-state index contributed by atoms with van der Waals surface area (Å²) in [7, 11) is 1.90. The standard InChI is InChI=1S/C29H34F3N3O2/c1-16-13-19-20-7-8-22(26(37)34-18-6-5-17(15-33)23(14-18)29(30,31)32)27(20,2)11-9-21(19)28(3)12-10-24(36)35(4)25(16)28/h5-6,14,19-22H,7-13H2,1-4H3,(H,34,37)/t19?,20-,21?,22+,27-,28+/m0/s1. The van der Waals surface area contributed by atoms with Crippen LogP contribution < -0.4 is 5.32 Å². The zero-order chi connectivity index (χ0) is 26.9. The second-order valence-electron chi connectivity index (χ2n) is 12.1. The van der Waals surface area contributed by atoms with Crippen LogP contribution in [-0.4, -0.2) is 23.8 Å². The fraction of sp³-hybridized carbons (Fsp3) is 0.621. The third kappa shape index (κ3) is 3.88. The predicted octanol–water partition coefficient (Wildman–Crippen LogP) is 6.51. The van der Waals surface area contributed by atoms with Gasteiger partial charge in [0.25, 0.3) is 0 Å². The Hall–Kier alpha value is -2.82. The van der Waals surface area contributed by atoms with Crippen LogP contribution in [0.3, 0.4) is 0 Å². The molecule has 6 atom stereocenters. The van der Waals surface area contributed by atoms with Crippen LogP contribution in [0.2, 0.25) is 0 Å². The van der Waals surface area contributed by atoms with E-state index in [1.807, 2.05) is 11.9 Å². The average Bonchev–Trinajstić information content (AvgIpc) is 3.18. The molecule has 2 amide bonds. The summed E-state index contributed by atoms with van der Waals surface area (Å²) >= 11 is 0. The quantitative estimate of drug-likeness (QED) is 0.490. The van der Waals surface area contributed by atoms with Crippen LogP contribution in [-0.2, 0) is 15.8 Å². The van der Waals surface area contributed by atoms with Crippen LogP contribution in [0.4, 0.5) is 18.9 Å². The lowest BCUT2D eigenvalue weighted by Crippen LogP contribution is -2.54. The maximum Gasteiger partial charge on any atom is 0.417 e. The summed E-state index contributed by atoms with van der Waals surface area (Å²) in [6.45, 7) is 6.65. The first kappa shape index (κ1) is 25.8. The number of amides is 2. The number of piperidine rings is 1. The van der Waals surface area contributed by atoms with Crippen LogP contribution in [0.1, 0.15) is 76.8 Å². The highest BCUT2D eigenvalue weighted by Crippen LogP contribution is 2.67. The van der Waals surface area contributed by atoms with Gasteiger partial charge < -0.3 is 10.2 Å². The van der Waals surface area contributed by atoms with E-state index in [1.165, 1.54) is 17.3 Å². The van der Waals surface area contributed by atoms with E-state index in [4.69, 9.17) is 5.26 Å². The molecule has 8 heteroatoms. The first-order chi connectivity index (χ1) is 17.3. The first-order valence-electron chi connectivity index (χ1n) is 13.2. The number of carbonyl (C=O) groups excluding carboxylic acids is 2. The van der Waals surface area contributed by atoms with Crippen molar-refractivity contribution in [1.29, 1.82) is 5.26 Å². The van der Waals surface area contributed by atoms with E-state index in [9.17, 15) is 22.8 Å². The molecule has 1 aliphatic heterocycles. The number of anilines is 1. The number of nitriles is 1. The summed E-state index contributed by atoms with van der Waals surface area (Å²) in [4.78, 5) is 27.8. The predicted molar refractivity (Wildman–Crippen MR) is 133 cm³/mol. The van der Waals surface area contributed by atoms with E-state index < -0.39 is 17.3 Å². The minimum Gasteiger partial charge on any atom is -0.326 e. The van der Waals surface area contributed by atoms with Gasteiger partial charge in [-0.3, -0.25) is 9.59 Å². The molecule has 3 aliphatic carbocycles. The highest BCUT2D eigenvalue weighted by Gasteiger charge is 2.61. The molecule has 1 heterocycles. The average molecular weight is 514 g/mol. The molecule has 2 unspecified atom stereocenters. The van der Waals surface area contributed by atoms with Gasteiger partial charge in [0.15, 0.2) is 0 Å². The maximum absolute atomic E-state index is 13.5. The lowest BCUT2D eigenvalue weighted by molar-refractivity contribution is -0.138. The summed E-state index contributed by atoms with van der Waals surface area (Å²) in [6, 6.07) is 4.93. The molecule has 5 nitrogen and oxygen atoms in total. The number of rotatable bonds is 2. The Morgan fingerprint density at radius 2 is 1.89 bits per heavy atom. The van der Waals surface area contributed by atoms with Crippen molar-refractivity contribution < 1.29 is 22.8 Å². The van der Waals surface area contributed by atoms with E-state index in [0.29, 0.717) is 30.6 Å². The largest absolute Gasteiger partial charge is 0.417 e. The Morgan fingerprint density at radius 1 is 1.16 bits per heavy atom. The second kappa shape index (κ2) is 8.61. The Kier molecular flexibility index (Phi) is 6.01. The van der Waals surface area contributed by atoms with E-state index in [2.05, 4.69) is 26.1 Å². The summed E-state index contributed by atoms with van der Waals surface area (Å²) in [5, 5.41) is 11.8. The number of hydrogen-bond acceptors (Lipinski definition) is 3. The summed E-state index contributed by atoms with van der Waals surface area (Å²) in [5.74, 6) is 0.898. The van der Waals surface area contributed by atoms with E-state index in [1.54, 1.807) is 6.07 Å². The fourth-order valence-electron chi connectivity index (χ4n) is 8.72. The number of alkyl halides is 3. The Bertz CT molecular complexity index is 1230. The molecular weight excluding hydrogens is 479 g/mol. The number of benzene rings is 1. The number of carbonyl (C=O) groups is 2. The highest BCUT2D eigenvalue weighted by molar-refractivity contribution is 5.93. The molecule has 5 rings (SSSR count). The lowest BCUT2D eigenvalue weighted by Gasteiger charge is -2.59. The Balaban J connectivity index is 1.40. The molecule has 0 spiro atoms. The zero-order valence-corrected chi connectivity index (χ0v) is 21.8. The molecule has 3 fully saturated rings. The highest BCUT2D eigenvalue weighted by atomic mass is 19.4. The molecule has 0 bridgehead atoms. The number of halogens is 3. The van der Waals surface area contributed by atoms with Gasteiger partial charge in [0.1, 0.15) is 0 Å². The van der Waals surface area contributed by atoms with Crippen molar-refractivity contribution in [3.63, 3.8) is 0 Å². The van der Waals surface area contributed by atoms with E-state index in [0.717, 1.165) is 44.2 Å². The summed E-state index contributed by atoms with van der Waals surface area (Å²) in [5.41, 5.74) is 0.772. The number of hydrogen-bond donors (Lipinski definition) is 1. The number of likely N-dealkylation sites (tertiary alicyclic amines) is 1. The first-order valence-corrected chi connectivity index (χ1v) is 13.2. The van der Waals surface area contributed by atoms with Gasteiger partial charge in [0.2, 0.25) is 11.8 Å². The monoisotopic (exact) mass is 513 g/mol. The smallest absolute Gasteiger partial charge is 0.326 e. The molecule has 4 aliphatic rings. The topological polar surface area (TPSA) is 73.2 Å². The van der Waals surface area contributed by atoms with Crippen LogP contribution in [0.5, 0.6) is 0 Å². The Morgan fingerprint density at radius 3 is 2.57 bits per heavy atom. The maximum atomic E-state index is 13.5. The third-order valence-electron chi connectivity index (χ3n) is 10.3. The number of fused-ring (bicyclic) bond motifs is 5. The third-order valence-corrected chi connectivity index (χ3v) is 10.3. The van der Waals surface area contributed by atoms with Crippen molar-refractivity contribution in [1.82, 2.24) is 4.90 Å². The van der Waals surface area contributed by atoms with Gasteiger partial charge in [-0.05, 0) is 86.8 Å². The van der Waals surface area contributed by atoms with Gasteiger partial charge in [-0.15, -0.1) is 0 Å². The molecule has 198 valence electrons. The molecule has 1 aromatic carbocycles. The zero-order valence-electron chi connectivity index (χ0n) is 21.8. The van der Waals surface area contributed by atoms with Crippen molar-refractivity contribution in [3.05, 3.63) is 40.6 Å². The van der Waals surface area contributed by atoms with E-state index >= 15 is 0 Å². The van der Waals surface area contributed by atoms with Crippen molar-refractivity contribution in [2.45, 2.75) is 71.9 Å². The Labute approximate surface area is 216 Å². The van der Waals surface area contributed by atoms with Crippen LogP contribution in [0, 0.1) is 45.8 Å². The van der Waals surface area contributed by atoms with Gasteiger partial charge in [-0.2, -0.15) is 18.4 Å². The van der Waals surface area contributed by atoms with Gasteiger partial charge >= 0.3 is 6.18 Å². The second-order valence-corrected chi connectivity index (χ2v) is 12.1. The minimum atomic E-state index is -4.67. The molecule has 1 N–H and O–H groups in total. The van der Waals surface area contributed by atoms with Crippen molar-refractivity contribution in [2.75, 3.05) is 12.4 Å².